The zero-order chi connectivity index (χ0) is 6.85. The number of hydrogen-bond donors (Lipinski definition) is 1. The lowest BCUT2D eigenvalue weighted by Gasteiger charge is -2.31. The summed E-state index contributed by atoms with van der Waals surface area (Å²) in [5.74, 6) is 1.75. The molecule has 0 aromatic carbocycles. The molecule has 0 radical (unpaired) electrons. The molecule has 1 aliphatic rings. The molecular weight excluding hydrogens is 110 g/mol. The first-order chi connectivity index (χ1) is 4.20. The molecule has 1 heterocycles. The van der Waals surface area contributed by atoms with Crippen LogP contribution in [0.15, 0.2) is 0 Å². The summed E-state index contributed by atoms with van der Waals surface area (Å²) in [4.78, 5) is 0. The Bertz CT molecular complexity index is 90.6. The molecule has 0 aliphatic carbocycles. The molecular formula is C8H17N. The smallest absolute Gasteiger partial charge is 0.00645 e. The first-order valence-corrected chi connectivity index (χ1v) is 3.93. The molecule has 1 saturated heterocycles. The zero-order valence-corrected chi connectivity index (χ0v) is 6.65. The van der Waals surface area contributed by atoms with E-state index in [0.29, 0.717) is 0 Å². The van der Waals surface area contributed by atoms with E-state index >= 15 is 0 Å². The van der Waals surface area contributed by atoms with E-state index in [9.17, 15) is 0 Å². The second-order valence-electron chi connectivity index (χ2n) is 3.52. The second kappa shape index (κ2) is 2.70. The first kappa shape index (κ1) is 7.07. The van der Waals surface area contributed by atoms with Crippen LogP contribution < -0.4 is 5.32 Å². The lowest BCUT2D eigenvalue weighted by Crippen LogP contribution is -2.41. The monoisotopic (exact) mass is 127 g/mol. The zero-order valence-electron chi connectivity index (χ0n) is 6.65. The Kier molecular flexibility index (Phi) is 2.12. The maximum Gasteiger partial charge on any atom is 0.00645 e. The van der Waals surface area contributed by atoms with Crippen molar-refractivity contribution >= 4 is 0 Å². The van der Waals surface area contributed by atoms with Crippen LogP contribution in [0.25, 0.3) is 0 Å². The average molecular weight is 127 g/mol. The molecule has 0 saturated carbocycles. The Morgan fingerprint density at radius 1 is 1.22 bits per heavy atom. The predicted molar refractivity (Wildman–Crippen MR) is 40.4 cm³/mol. The highest BCUT2D eigenvalue weighted by Gasteiger charge is 2.20. The van der Waals surface area contributed by atoms with Crippen LogP contribution >= 0.6 is 0 Å². The van der Waals surface area contributed by atoms with Crippen molar-refractivity contribution in [1.29, 1.82) is 0 Å². The molecule has 0 bridgehead atoms. The van der Waals surface area contributed by atoms with Gasteiger partial charge in [0.25, 0.3) is 0 Å². The van der Waals surface area contributed by atoms with E-state index in [-0.39, 0.29) is 0 Å². The van der Waals surface area contributed by atoms with Gasteiger partial charge in [-0.25, -0.2) is 0 Å². The van der Waals surface area contributed by atoms with Crippen molar-refractivity contribution in [3.63, 3.8) is 0 Å². The molecule has 0 amide bonds. The van der Waals surface area contributed by atoms with Gasteiger partial charge in [0.15, 0.2) is 0 Å². The average Bonchev–Trinajstić information content (AvgIpc) is 1.80. The van der Waals surface area contributed by atoms with Crippen molar-refractivity contribution in [3.05, 3.63) is 0 Å². The third kappa shape index (κ3) is 1.68. The van der Waals surface area contributed by atoms with Gasteiger partial charge in [-0.15, -0.1) is 0 Å². The van der Waals surface area contributed by atoms with Crippen LogP contribution in [-0.4, -0.2) is 12.6 Å². The van der Waals surface area contributed by atoms with Gasteiger partial charge < -0.3 is 5.32 Å². The minimum atomic E-state index is 0.737. The topological polar surface area (TPSA) is 12.0 Å². The maximum absolute atomic E-state index is 3.48. The van der Waals surface area contributed by atoms with Crippen LogP contribution in [0.4, 0.5) is 0 Å². The van der Waals surface area contributed by atoms with Crippen molar-refractivity contribution in [1.82, 2.24) is 5.32 Å². The molecule has 0 spiro atoms. The molecule has 1 aliphatic heterocycles. The van der Waals surface area contributed by atoms with Gasteiger partial charge in [-0.1, -0.05) is 13.8 Å². The van der Waals surface area contributed by atoms with Gasteiger partial charge >= 0.3 is 0 Å². The van der Waals surface area contributed by atoms with Gasteiger partial charge in [0.1, 0.15) is 0 Å². The number of hydrogen-bond acceptors (Lipinski definition) is 1. The molecule has 3 atom stereocenters. The van der Waals surface area contributed by atoms with Gasteiger partial charge in [-0.3, -0.25) is 0 Å². The van der Waals surface area contributed by atoms with Crippen LogP contribution in [0.3, 0.4) is 0 Å². The van der Waals surface area contributed by atoms with Gasteiger partial charge in [-0.2, -0.15) is 0 Å². The normalized spacial score (nSPS) is 45.0. The Balaban J connectivity index is 2.35. The molecule has 1 fully saturated rings. The number of nitrogens with one attached hydrogen (secondary N) is 1. The lowest BCUT2D eigenvalue weighted by atomic mass is 9.88. The molecule has 9 heavy (non-hydrogen) atoms. The SMILES string of the molecule is C[C@@H]1CN[C@@H](C)[C@H](C)C1. The Hall–Kier alpha value is -0.0400. The fraction of sp³-hybridized carbons (Fsp3) is 1.00. The fourth-order valence-corrected chi connectivity index (χ4v) is 1.51. The van der Waals surface area contributed by atoms with Crippen LogP contribution in [0.2, 0.25) is 0 Å². The van der Waals surface area contributed by atoms with Crippen molar-refractivity contribution in [2.75, 3.05) is 6.54 Å². The standard InChI is InChI=1S/C8H17N/c1-6-4-7(2)8(3)9-5-6/h6-9H,4-5H2,1-3H3/t6-,7+,8-/m0/s1. The van der Waals surface area contributed by atoms with E-state index in [4.69, 9.17) is 0 Å². The van der Waals surface area contributed by atoms with E-state index in [1.165, 1.54) is 13.0 Å². The Morgan fingerprint density at radius 2 is 1.89 bits per heavy atom. The van der Waals surface area contributed by atoms with Crippen LogP contribution in [0, 0.1) is 11.8 Å². The quantitative estimate of drug-likeness (QED) is 0.521. The molecule has 54 valence electrons. The minimum absolute atomic E-state index is 0.737. The van der Waals surface area contributed by atoms with Crippen LogP contribution in [-0.2, 0) is 0 Å². The minimum Gasteiger partial charge on any atom is -0.314 e. The summed E-state index contributed by atoms with van der Waals surface area (Å²) < 4.78 is 0. The molecule has 0 aromatic heterocycles. The summed E-state index contributed by atoms with van der Waals surface area (Å²) in [7, 11) is 0. The first-order valence-electron chi connectivity index (χ1n) is 3.93. The lowest BCUT2D eigenvalue weighted by molar-refractivity contribution is 0.257. The summed E-state index contributed by atoms with van der Waals surface area (Å²) in [6.07, 6.45) is 1.40. The summed E-state index contributed by atoms with van der Waals surface area (Å²) in [6, 6.07) is 0.737. The molecule has 1 N–H and O–H groups in total. The fourth-order valence-electron chi connectivity index (χ4n) is 1.51. The van der Waals surface area contributed by atoms with Crippen LogP contribution in [0.5, 0.6) is 0 Å². The van der Waals surface area contributed by atoms with E-state index in [0.717, 1.165) is 17.9 Å². The van der Waals surface area contributed by atoms with Gasteiger partial charge in [0, 0.05) is 6.04 Å². The highest BCUT2D eigenvalue weighted by Crippen LogP contribution is 2.19. The van der Waals surface area contributed by atoms with Gasteiger partial charge in [0.2, 0.25) is 0 Å². The molecule has 0 unspecified atom stereocenters. The largest absolute Gasteiger partial charge is 0.314 e. The van der Waals surface area contributed by atoms with Crippen molar-refractivity contribution in [2.45, 2.75) is 33.2 Å². The van der Waals surface area contributed by atoms with E-state index < -0.39 is 0 Å². The number of piperidine rings is 1. The highest BCUT2D eigenvalue weighted by molar-refractivity contribution is 4.77. The van der Waals surface area contributed by atoms with E-state index in [1.807, 2.05) is 0 Å². The van der Waals surface area contributed by atoms with Gasteiger partial charge in [0.05, 0.1) is 0 Å². The van der Waals surface area contributed by atoms with Crippen molar-refractivity contribution in [3.8, 4) is 0 Å². The maximum atomic E-state index is 3.48. The second-order valence-corrected chi connectivity index (χ2v) is 3.52. The van der Waals surface area contributed by atoms with Crippen molar-refractivity contribution < 1.29 is 0 Å². The summed E-state index contributed by atoms with van der Waals surface area (Å²) in [5.41, 5.74) is 0. The van der Waals surface area contributed by atoms with E-state index in [1.54, 1.807) is 0 Å². The van der Waals surface area contributed by atoms with Crippen molar-refractivity contribution in [2.24, 2.45) is 11.8 Å². The van der Waals surface area contributed by atoms with Gasteiger partial charge in [-0.05, 0) is 31.7 Å². The predicted octanol–water partition coefficient (Wildman–Crippen LogP) is 1.64. The van der Waals surface area contributed by atoms with E-state index in [2.05, 4.69) is 26.1 Å². The Morgan fingerprint density at radius 3 is 2.33 bits per heavy atom. The Labute approximate surface area is 57.8 Å². The number of rotatable bonds is 0. The third-order valence-electron chi connectivity index (χ3n) is 2.42. The summed E-state index contributed by atoms with van der Waals surface area (Å²) in [6.45, 7) is 8.13. The molecule has 1 rings (SSSR count). The highest BCUT2D eigenvalue weighted by atomic mass is 14.9. The van der Waals surface area contributed by atoms with Crippen LogP contribution in [0.1, 0.15) is 27.2 Å². The summed E-state index contributed by atoms with van der Waals surface area (Å²) in [5, 5.41) is 3.48. The molecule has 1 nitrogen and oxygen atoms in total. The molecule has 1 heteroatoms. The molecule has 0 aromatic rings. The third-order valence-corrected chi connectivity index (χ3v) is 2.42. The summed E-state index contributed by atoms with van der Waals surface area (Å²) >= 11 is 0.